The lowest BCUT2D eigenvalue weighted by atomic mass is 10.1. The Kier molecular flexibility index (Phi) is 4.75. The molecule has 0 aliphatic rings. The van der Waals surface area contributed by atoms with Gasteiger partial charge in [-0.05, 0) is 31.2 Å². The van der Waals surface area contributed by atoms with E-state index in [0.29, 0.717) is 15.8 Å². The Hall–Kier alpha value is -1.76. The molecule has 0 unspecified atom stereocenters. The van der Waals surface area contributed by atoms with Crippen molar-refractivity contribution in [2.75, 3.05) is 5.32 Å². The normalized spacial score (nSPS) is 10.6. The average molecular weight is 409 g/mol. The van der Waals surface area contributed by atoms with Gasteiger partial charge in [-0.25, -0.2) is 9.97 Å². The van der Waals surface area contributed by atoms with Crippen LogP contribution in [0.3, 0.4) is 0 Å². The maximum absolute atomic E-state index is 12.2. The first-order valence-electron chi connectivity index (χ1n) is 6.69. The van der Waals surface area contributed by atoms with Crippen LogP contribution in [-0.4, -0.2) is 15.9 Å². The number of aryl methyl sites for hydroxylation is 1. The molecule has 116 valence electrons. The Balaban J connectivity index is 1.82. The second kappa shape index (κ2) is 6.78. The molecule has 0 aliphatic carbocycles. The van der Waals surface area contributed by atoms with Gasteiger partial charge in [-0.3, -0.25) is 10.1 Å². The lowest BCUT2D eigenvalue weighted by molar-refractivity contribution is 0.102. The van der Waals surface area contributed by atoms with Crippen molar-refractivity contribution in [1.82, 2.24) is 9.97 Å². The second-order valence-corrected chi connectivity index (χ2v) is 7.26. The first-order valence-corrected chi connectivity index (χ1v) is 8.68. The van der Waals surface area contributed by atoms with E-state index in [0.717, 1.165) is 20.6 Å². The fraction of sp³-hybridized carbons (Fsp3) is 0.0625. The number of nitrogens with zero attached hydrogens (tertiary/aromatic N) is 2. The van der Waals surface area contributed by atoms with E-state index in [1.54, 1.807) is 12.1 Å². The third-order valence-corrected chi connectivity index (χ3v) is 4.76. The van der Waals surface area contributed by atoms with Crippen LogP contribution in [0.4, 0.5) is 5.13 Å². The molecule has 2 heterocycles. The molecule has 0 saturated carbocycles. The van der Waals surface area contributed by atoms with Crippen LogP contribution in [0.25, 0.3) is 11.3 Å². The number of carbonyl (C=O) groups is 1. The highest BCUT2D eigenvalue weighted by Gasteiger charge is 2.13. The van der Waals surface area contributed by atoms with Crippen LogP contribution in [0.1, 0.15) is 15.2 Å². The summed E-state index contributed by atoms with van der Waals surface area (Å²) in [6.07, 6.45) is 1.44. The molecule has 1 aromatic carbocycles. The summed E-state index contributed by atoms with van der Waals surface area (Å²) in [5, 5.41) is 3.70. The molecule has 0 aliphatic heterocycles. The van der Waals surface area contributed by atoms with Crippen LogP contribution in [0.5, 0.6) is 0 Å². The zero-order chi connectivity index (χ0) is 16.4. The number of carbonyl (C=O) groups excluding carboxylic acids is 1. The fourth-order valence-corrected chi connectivity index (χ4v) is 3.21. The van der Waals surface area contributed by atoms with E-state index in [9.17, 15) is 4.79 Å². The highest BCUT2D eigenvalue weighted by molar-refractivity contribution is 9.10. The van der Waals surface area contributed by atoms with Crippen molar-refractivity contribution in [3.8, 4) is 11.3 Å². The number of thiazole rings is 1. The van der Waals surface area contributed by atoms with E-state index < -0.39 is 0 Å². The number of aromatic nitrogens is 2. The van der Waals surface area contributed by atoms with Crippen LogP contribution in [-0.2, 0) is 0 Å². The number of pyridine rings is 1. The number of halogens is 2. The number of nitrogens with one attached hydrogen (secondary N) is 1. The summed E-state index contributed by atoms with van der Waals surface area (Å²) < 4.78 is 1.01. The number of hydrogen-bond donors (Lipinski definition) is 1. The third kappa shape index (κ3) is 3.77. The summed E-state index contributed by atoms with van der Waals surface area (Å²) in [6, 6.07) is 11.1. The van der Waals surface area contributed by atoms with Crippen molar-refractivity contribution in [3.63, 3.8) is 0 Å². The van der Waals surface area contributed by atoms with E-state index in [2.05, 4.69) is 31.2 Å². The highest BCUT2D eigenvalue weighted by Crippen LogP contribution is 2.31. The molecular weight excluding hydrogens is 398 g/mol. The quantitative estimate of drug-likeness (QED) is 0.607. The standard InChI is InChI=1S/C16H11BrClN3OS/c1-9-14(10-2-5-12(17)6-3-10)20-16(23-9)21-15(22)11-4-7-13(18)19-8-11/h2-8H,1H3,(H,20,21,22). The van der Waals surface area contributed by atoms with Gasteiger partial charge < -0.3 is 0 Å². The lowest BCUT2D eigenvalue weighted by Gasteiger charge is -2.01. The van der Waals surface area contributed by atoms with Gasteiger partial charge in [0, 0.05) is 21.1 Å². The van der Waals surface area contributed by atoms with Crippen molar-refractivity contribution in [3.05, 3.63) is 62.7 Å². The maximum Gasteiger partial charge on any atom is 0.259 e. The Bertz CT molecular complexity index is 847. The molecule has 1 N–H and O–H groups in total. The van der Waals surface area contributed by atoms with Gasteiger partial charge in [-0.1, -0.05) is 39.7 Å². The van der Waals surface area contributed by atoms with Crippen molar-refractivity contribution < 1.29 is 4.79 Å². The molecule has 23 heavy (non-hydrogen) atoms. The second-order valence-electron chi connectivity index (χ2n) is 4.75. The van der Waals surface area contributed by atoms with Gasteiger partial charge in [0.1, 0.15) is 5.15 Å². The highest BCUT2D eigenvalue weighted by atomic mass is 79.9. The monoisotopic (exact) mass is 407 g/mol. The van der Waals surface area contributed by atoms with Crippen molar-refractivity contribution in [2.45, 2.75) is 6.92 Å². The Morgan fingerprint density at radius 3 is 2.61 bits per heavy atom. The molecule has 2 aromatic heterocycles. The minimum atomic E-state index is -0.259. The molecule has 0 bridgehead atoms. The largest absolute Gasteiger partial charge is 0.298 e. The number of amides is 1. The summed E-state index contributed by atoms with van der Waals surface area (Å²) >= 11 is 10.6. The minimum Gasteiger partial charge on any atom is -0.298 e. The maximum atomic E-state index is 12.2. The van der Waals surface area contributed by atoms with Gasteiger partial charge in [0.2, 0.25) is 0 Å². The molecule has 3 aromatic rings. The molecule has 0 fully saturated rings. The number of anilines is 1. The van der Waals surface area contributed by atoms with Gasteiger partial charge in [0.25, 0.3) is 5.91 Å². The Morgan fingerprint density at radius 1 is 1.22 bits per heavy atom. The van der Waals surface area contributed by atoms with Crippen LogP contribution in [0.2, 0.25) is 5.15 Å². The molecule has 1 amide bonds. The number of benzene rings is 1. The molecule has 0 atom stereocenters. The Labute approximate surface area is 150 Å². The number of hydrogen-bond acceptors (Lipinski definition) is 4. The van der Waals surface area contributed by atoms with Gasteiger partial charge in [-0.2, -0.15) is 0 Å². The summed E-state index contributed by atoms with van der Waals surface area (Å²) in [4.78, 5) is 21.7. The van der Waals surface area contributed by atoms with E-state index in [-0.39, 0.29) is 5.91 Å². The lowest BCUT2D eigenvalue weighted by Crippen LogP contribution is -2.11. The average Bonchev–Trinajstić information content (AvgIpc) is 2.89. The molecule has 4 nitrogen and oxygen atoms in total. The molecule has 0 radical (unpaired) electrons. The van der Waals surface area contributed by atoms with Crippen LogP contribution in [0.15, 0.2) is 47.1 Å². The topological polar surface area (TPSA) is 54.9 Å². The summed E-state index contributed by atoms with van der Waals surface area (Å²) in [7, 11) is 0. The zero-order valence-corrected chi connectivity index (χ0v) is 15.2. The van der Waals surface area contributed by atoms with Gasteiger partial charge in [0.15, 0.2) is 5.13 Å². The minimum absolute atomic E-state index is 0.259. The Morgan fingerprint density at radius 2 is 1.96 bits per heavy atom. The first kappa shape index (κ1) is 16.1. The van der Waals surface area contributed by atoms with E-state index >= 15 is 0 Å². The first-order chi connectivity index (χ1) is 11.0. The summed E-state index contributed by atoms with van der Waals surface area (Å²) in [5.41, 5.74) is 2.31. The van der Waals surface area contributed by atoms with Crippen molar-refractivity contribution >= 4 is 49.9 Å². The van der Waals surface area contributed by atoms with Crippen LogP contribution >= 0.6 is 38.9 Å². The smallest absolute Gasteiger partial charge is 0.259 e. The molecule has 0 saturated heterocycles. The van der Waals surface area contributed by atoms with Gasteiger partial charge in [0.05, 0.1) is 11.3 Å². The SMILES string of the molecule is Cc1sc(NC(=O)c2ccc(Cl)nc2)nc1-c1ccc(Br)cc1. The molecule has 7 heteroatoms. The predicted molar refractivity (Wildman–Crippen MR) is 97.2 cm³/mol. The van der Waals surface area contributed by atoms with E-state index in [1.807, 2.05) is 31.2 Å². The zero-order valence-electron chi connectivity index (χ0n) is 12.0. The molecule has 3 rings (SSSR count). The van der Waals surface area contributed by atoms with Crippen molar-refractivity contribution in [2.24, 2.45) is 0 Å². The number of rotatable bonds is 3. The van der Waals surface area contributed by atoms with E-state index in [1.165, 1.54) is 17.5 Å². The predicted octanol–water partition coefficient (Wildman–Crippen LogP) is 5.18. The van der Waals surface area contributed by atoms with E-state index in [4.69, 9.17) is 11.6 Å². The van der Waals surface area contributed by atoms with Crippen LogP contribution in [0, 0.1) is 6.92 Å². The van der Waals surface area contributed by atoms with Crippen molar-refractivity contribution in [1.29, 1.82) is 0 Å². The third-order valence-electron chi connectivity index (χ3n) is 3.12. The fourth-order valence-electron chi connectivity index (χ4n) is 2.00. The molecular formula is C16H11BrClN3OS. The summed E-state index contributed by atoms with van der Waals surface area (Å²) in [5.74, 6) is -0.259. The molecule has 0 spiro atoms. The van der Waals surface area contributed by atoms with Gasteiger partial charge in [-0.15, -0.1) is 11.3 Å². The van der Waals surface area contributed by atoms with Crippen LogP contribution < -0.4 is 5.32 Å². The summed E-state index contributed by atoms with van der Waals surface area (Å²) in [6.45, 7) is 1.98. The van der Waals surface area contributed by atoms with Gasteiger partial charge >= 0.3 is 0 Å².